The number of aliphatic hydroxyl groups is 1. The van der Waals surface area contributed by atoms with Crippen LogP contribution in [0.5, 0.6) is 0 Å². The van der Waals surface area contributed by atoms with Gasteiger partial charge < -0.3 is 15.7 Å². The van der Waals surface area contributed by atoms with E-state index in [1.165, 1.54) is 0 Å². The van der Waals surface area contributed by atoms with Crippen LogP contribution in [-0.2, 0) is 0 Å². The zero-order chi connectivity index (χ0) is 12.7. The van der Waals surface area contributed by atoms with E-state index in [9.17, 15) is 0 Å². The maximum Gasteiger partial charge on any atom is 0.124 e. The van der Waals surface area contributed by atoms with Gasteiger partial charge in [-0.1, -0.05) is 25.6 Å². The molecule has 0 aliphatic heterocycles. The predicted molar refractivity (Wildman–Crippen MR) is 74.3 cm³/mol. The Morgan fingerprint density at radius 1 is 1.53 bits per heavy atom. The van der Waals surface area contributed by atoms with E-state index in [1.807, 2.05) is 12.1 Å². The highest BCUT2D eigenvalue weighted by Crippen LogP contribution is 2.18. The fourth-order valence-electron chi connectivity index (χ4n) is 1.66. The quantitative estimate of drug-likeness (QED) is 0.718. The second-order valence-corrected chi connectivity index (χ2v) is 4.24. The van der Waals surface area contributed by atoms with Crippen LogP contribution in [-0.4, -0.2) is 34.8 Å². The molecule has 94 valence electrons. The van der Waals surface area contributed by atoms with Gasteiger partial charge >= 0.3 is 0 Å². The third-order valence-corrected chi connectivity index (χ3v) is 2.71. The first kappa shape index (κ1) is 13.9. The number of anilines is 1. The van der Waals surface area contributed by atoms with Crippen LogP contribution in [0.2, 0.25) is 0 Å². The summed E-state index contributed by atoms with van der Waals surface area (Å²) < 4.78 is 0. The van der Waals surface area contributed by atoms with E-state index in [0.29, 0.717) is 17.2 Å². The minimum absolute atomic E-state index is 0.107. The van der Waals surface area contributed by atoms with E-state index < -0.39 is 0 Å². The van der Waals surface area contributed by atoms with Crippen LogP contribution in [0.15, 0.2) is 18.3 Å². The van der Waals surface area contributed by atoms with Crippen molar-refractivity contribution in [3.8, 4) is 0 Å². The minimum Gasteiger partial charge on any atom is -0.395 e. The SMILES string of the molecule is CCCCN(CCO)c1cccnc1C(N)=S. The molecule has 0 unspecified atom stereocenters. The van der Waals surface area contributed by atoms with Crippen molar-refractivity contribution in [2.75, 3.05) is 24.6 Å². The standard InChI is InChI=1S/C12H19N3OS/c1-2-3-7-15(8-9-16)10-5-4-6-14-11(10)12(13)17/h4-6,16H,2-3,7-9H2,1H3,(H2,13,17). The summed E-state index contributed by atoms with van der Waals surface area (Å²) in [6.45, 7) is 3.68. The van der Waals surface area contributed by atoms with E-state index in [4.69, 9.17) is 23.1 Å². The fourth-order valence-corrected chi connectivity index (χ4v) is 1.82. The molecule has 1 aromatic rings. The van der Waals surface area contributed by atoms with Crippen molar-refractivity contribution in [2.24, 2.45) is 5.73 Å². The van der Waals surface area contributed by atoms with E-state index in [0.717, 1.165) is 25.1 Å². The molecule has 0 aliphatic rings. The lowest BCUT2D eigenvalue weighted by molar-refractivity contribution is 0.301. The molecule has 5 heteroatoms. The molecule has 0 radical (unpaired) electrons. The lowest BCUT2D eigenvalue weighted by Gasteiger charge is -2.25. The summed E-state index contributed by atoms with van der Waals surface area (Å²) in [4.78, 5) is 6.57. The second-order valence-electron chi connectivity index (χ2n) is 3.80. The molecule has 1 rings (SSSR count). The average Bonchev–Trinajstić information content (AvgIpc) is 2.34. The van der Waals surface area contributed by atoms with E-state index in [-0.39, 0.29) is 6.61 Å². The molecule has 1 heterocycles. The predicted octanol–water partition coefficient (Wildman–Crippen LogP) is 1.31. The van der Waals surface area contributed by atoms with Crippen LogP contribution in [0.3, 0.4) is 0 Å². The van der Waals surface area contributed by atoms with E-state index in [2.05, 4.69) is 16.8 Å². The number of nitrogens with zero attached hydrogens (tertiary/aromatic N) is 2. The highest BCUT2D eigenvalue weighted by atomic mass is 32.1. The number of hydrogen-bond donors (Lipinski definition) is 2. The summed E-state index contributed by atoms with van der Waals surface area (Å²) in [7, 11) is 0. The molecular weight excluding hydrogens is 234 g/mol. The smallest absolute Gasteiger partial charge is 0.124 e. The van der Waals surface area contributed by atoms with E-state index in [1.54, 1.807) is 6.20 Å². The molecule has 0 aromatic carbocycles. The summed E-state index contributed by atoms with van der Waals surface area (Å²) in [5.41, 5.74) is 7.19. The highest BCUT2D eigenvalue weighted by molar-refractivity contribution is 7.80. The van der Waals surface area contributed by atoms with Crippen molar-refractivity contribution in [1.29, 1.82) is 0 Å². The lowest BCUT2D eigenvalue weighted by atomic mass is 10.2. The van der Waals surface area contributed by atoms with Crippen LogP contribution < -0.4 is 10.6 Å². The van der Waals surface area contributed by atoms with Crippen LogP contribution in [0.1, 0.15) is 25.5 Å². The van der Waals surface area contributed by atoms with Gasteiger partial charge in [-0.2, -0.15) is 0 Å². The van der Waals surface area contributed by atoms with Crippen molar-refractivity contribution in [3.63, 3.8) is 0 Å². The molecule has 0 atom stereocenters. The number of pyridine rings is 1. The fraction of sp³-hybridized carbons (Fsp3) is 0.500. The number of nitrogens with two attached hydrogens (primary N) is 1. The lowest BCUT2D eigenvalue weighted by Crippen LogP contribution is -2.30. The van der Waals surface area contributed by atoms with Gasteiger partial charge in [-0.25, -0.2) is 0 Å². The summed E-state index contributed by atoms with van der Waals surface area (Å²) in [5.74, 6) is 0. The molecule has 0 saturated carbocycles. The molecule has 3 N–H and O–H groups in total. The molecule has 1 aromatic heterocycles. The van der Waals surface area contributed by atoms with Crippen LogP contribution in [0, 0.1) is 0 Å². The summed E-state index contributed by atoms with van der Waals surface area (Å²) >= 11 is 4.99. The molecule has 0 amide bonds. The first-order chi connectivity index (χ1) is 8.20. The molecule has 0 bridgehead atoms. The number of thiocarbonyl (C=S) groups is 1. The zero-order valence-corrected chi connectivity index (χ0v) is 10.9. The maximum absolute atomic E-state index is 9.10. The Bertz CT molecular complexity index is 371. The largest absolute Gasteiger partial charge is 0.395 e. The topological polar surface area (TPSA) is 62.4 Å². The maximum atomic E-state index is 9.10. The van der Waals surface area contributed by atoms with Crippen LogP contribution >= 0.6 is 12.2 Å². The van der Waals surface area contributed by atoms with Crippen LogP contribution in [0.4, 0.5) is 5.69 Å². The van der Waals surface area contributed by atoms with Gasteiger partial charge in [0.1, 0.15) is 10.7 Å². The number of hydrogen-bond acceptors (Lipinski definition) is 4. The van der Waals surface area contributed by atoms with Gasteiger partial charge in [-0.15, -0.1) is 0 Å². The molecule has 0 fully saturated rings. The average molecular weight is 253 g/mol. The number of rotatable bonds is 7. The summed E-state index contributed by atoms with van der Waals surface area (Å²) in [6.07, 6.45) is 3.84. The van der Waals surface area contributed by atoms with Crippen molar-refractivity contribution in [3.05, 3.63) is 24.0 Å². The minimum atomic E-state index is 0.107. The normalized spacial score (nSPS) is 10.2. The molecule has 4 nitrogen and oxygen atoms in total. The van der Waals surface area contributed by atoms with Gasteiger partial charge in [0.05, 0.1) is 12.3 Å². The number of aromatic nitrogens is 1. The number of aliphatic hydroxyl groups excluding tert-OH is 1. The van der Waals surface area contributed by atoms with Gasteiger partial charge in [0.15, 0.2) is 0 Å². The number of unbranched alkanes of at least 4 members (excludes halogenated alkanes) is 1. The molecular formula is C12H19N3OS. The third kappa shape index (κ3) is 3.94. The molecule has 0 spiro atoms. The molecule has 17 heavy (non-hydrogen) atoms. The highest BCUT2D eigenvalue weighted by Gasteiger charge is 2.12. The van der Waals surface area contributed by atoms with Gasteiger partial charge in [-0.05, 0) is 18.6 Å². The molecule has 0 aliphatic carbocycles. The Labute approximate surface area is 107 Å². The Kier molecular flexibility index (Phi) is 5.86. The summed E-state index contributed by atoms with van der Waals surface area (Å²) in [6, 6.07) is 3.79. The second kappa shape index (κ2) is 7.19. The monoisotopic (exact) mass is 253 g/mol. The van der Waals surface area contributed by atoms with Gasteiger partial charge in [-0.3, -0.25) is 4.98 Å². The van der Waals surface area contributed by atoms with Gasteiger partial charge in [0.25, 0.3) is 0 Å². The first-order valence-corrected chi connectivity index (χ1v) is 6.22. The first-order valence-electron chi connectivity index (χ1n) is 5.81. The van der Waals surface area contributed by atoms with Crippen molar-refractivity contribution >= 4 is 22.9 Å². The Morgan fingerprint density at radius 3 is 2.88 bits per heavy atom. The van der Waals surface area contributed by atoms with Gasteiger partial charge in [0.2, 0.25) is 0 Å². The Morgan fingerprint density at radius 2 is 2.29 bits per heavy atom. The third-order valence-electron chi connectivity index (χ3n) is 2.51. The van der Waals surface area contributed by atoms with Crippen molar-refractivity contribution in [1.82, 2.24) is 4.98 Å². The van der Waals surface area contributed by atoms with Gasteiger partial charge in [0, 0.05) is 19.3 Å². The van der Waals surface area contributed by atoms with Crippen LogP contribution in [0.25, 0.3) is 0 Å². The Hall–Kier alpha value is -1.20. The zero-order valence-electron chi connectivity index (χ0n) is 10.1. The summed E-state index contributed by atoms with van der Waals surface area (Å²) in [5, 5.41) is 9.10. The van der Waals surface area contributed by atoms with Crippen molar-refractivity contribution in [2.45, 2.75) is 19.8 Å². The molecule has 0 saturated heterocycles. The Balaban J connectivity index is 2.95. The van der Waals surface area contributed by atoms with E-state index >= 15 is 0 Å². The van der Waals surface area contributed by atoms with Crippen molar-refractivity contribution < 1.29 is 5.11 Å².